The first kappa shape index (κ1) is 11.9. The van der Waals surface area contributed by atoms with Crippen molar-refractivity contribution in [1.82, 2.24) is 0 Å². The molecule has 2 nitrogen and oxygen atoms in total. The van der Waals surface area contributed by atoms with Gasteiger partial charge in [-0.15, -0.1) is 0 Å². The number of benzene rings is 1. The lowest BCUT2D eigenvalue weighted by Gasteiger charge is -2.14. The van der Waals surface area contributed by atoms with Crippen molar-refractivity contribution in [3.8, 4) is 5.75 Å². The molecule has 1 saturated carbocycles. The van der Waals surface area contributed by atoms with E-state index < -0.39 is 5.60 Å². The standard InChI is InChI=1S/C13H17BrO2/c1-8(2)9-5-10(7-13(16)3-4-13)12(15)11(14)6-9/h5-6,8,15-16H,3-4,7H2,1-2H3. The number of aliphatic hydroxyl groups is 1. The lowest BCUT2D eigenvalue weighted by atomic mass is 9.97. The topological polar surface area (TPSA) is 40.5 Å². The predicted octanol–water partition coefficient (Wildman–Crippen LogP) is 3.35. The monoisotopic (exact) mass is 284 g/mol. The van der Waals surface area contributed by atoms with E-state index in [1.54, 1.807) is 0 Å². The molecule has 0 saturated heterocycles. The van der Waals surface area contributed by atoms with Crippen LogP contribution in [-0.2, 0) is 6.42 Å². The lowest BCUT2D eigenvalue weighted by Crippen LogP contribution is -2.11. The van der Waals surface area contributed by atoms with Gasteiger partial charge in [0, 0.05) is 6.42 Å². The van der Waals surface area contributed by atoms with Crippen LogP contribution in [0.25, 0.3) is 0 Å². The van der Waals surface area contributed by atoms with Crippen molar-refractivity contribution < 1.29 is 10.2 Å². The van der Waals surface area contributed by atoms with Gasteiger partial charge in [-0.05, 0) is 51.9 Å². The summed E-state index contributed by atoms with van der Waals surface area (Å²) >= 11 is 3.36. The summed E-state index contributed by atoms with van der Waals surface area (Å²) in [5.74, 6) is 0.689. The molecule has 0 aliphatic heterocycles. The van der Waals surface area contributed by atoms with E-state index in [1.807, 2.05) is 12.1 Å². The Kier molecular flexibility index (Phi) is 3.01. The van der Waals surface area contributed by atoms with E-state index in [-0.39, 0.29) is 5.75 Å². The van der Waals surface area contributed by atoms with Crippen molar-refractivity contribution in [3.63, 3.8) is 0 Å². The molecule has 0 amide bonds. The fourth-order valence-corrected chi connectivity index (χ4v) is 2.34. The van der Waals surface area contributed by atoms with Gasteiger partial charge in [-0.3, -0.25) is 0 Å². The summed E-state index contributed by atoms with van der Waals surface area (Å²) < 4.78 is 0.720. The number of halogens is 1. The summed E-state index contributed by atoms with van der Waals surface area (Å²) in [6, 6.07) is 3.95. The van der Waals surface area contributed by atoms with Crippen LogP contribution in [0.4, 0.5) is 0 Å². The van der Waals surface area contributed by atoms with Gasteiger partial charge in [0.1, 0.15) is 5.75 Å². The molecule has 0 radical (unpaired) electrons. The van der Waals surface area contributed by atoms with Crippen molar-refractivity contribution in [1.29, 1.82) is 0 Å². The van der Waals surface area contributed by atoms with Gasteiger partial charge in [-0.25, -0.2) is 0 Å². The van der Waals surface area contributed by atoms with Crippen molar-refractivity contribution in [3.05, 3.63) is 27.7 Å². The van der Waals surface area contributed by atoms with Crippen LogP contribution in [-0.4, -0.2) is 15.8 Å². The van der Waals surface area contributed by atoms with E-state index in [9.17, 15) is 10.2 Å². The summed E-state index contributed by atoms with van der Waals surface area (Å²) in [4.78, 5) is 0. The molecule has 1 fully saturated rings. The zero-order valence-electron chi connectivity index (χ0n) is 9.63. The second-order valence-electron chi connectivity index (χ2n) is 5.07. The highest BCUT2D eigenvalue weighted by Crippen LogP contribution is 2.42. The van der Waals surface area contributed by atoms with Gasteiger partial charge in [-0.2, -0.15) is 0 Å². The van der Waals surface area contributed by atoms with Gasteiger partial charge in [0.05, 0.1) is 10.1 Å². The summed E-state index contributed by atoms with van der Waals surface area (Å²) in [7, 11) is 0. The molecular formula is C13H17BrO2. The van der Waals surface area contributed by atoms with Gasteiger partial charge in [-0.1, -0.05) is 19.9 Å². The Labute approximate surface area is 104 Å². The Morgan fingerprint density at radius 1 is 1.38 bits per heavy atom. The molecule has 1 aliphatic rings. The Hall–Kier alpha value is -0.540. The summed E-state index contributed by atoms with van der Waals surface area (Å²) in [5, 5.41) is 19.8. The molecule has 0 bridgehead atoms. The molecule has 2 N–H and O–H groups in total. The van der Waals surface area contributed by atoms with Gasteiger partial charge >= 0.3 is 0 Å². The minimum Gasteiger partial charge on any atom is -0.506 e. The van der Waals surface area contributed by atoms with Gasteiger partial charge in [0.25, 0.3) is 0 Å². The number of hydrogen-bond donors (Lipinski definition) is 2. The molecule has 0 atom stereocenters. The van der Waals surface area contributed by atoms with E-state index in [2.05, 4.69) is 29.8 Å². The zero-order chi connectivity index (χ0) is 11.9. The number of phenolic OH excluding ortho intramolecular Hbond substituents is 1. The van der Waals surface area contributed by atoms with Crippen LogP contribution >= 0.6 is 15.9 Å². The van der Waals surface area contributed by atoms with Gasteiger partial charge < -0.3 is 10.2 Å². The lowest BCUT2D eigenvalue weighted by molar-refractivity contribution is 0.150. The maximum absolute atomic E-state index is 9.94. The molecule has 1 aliphatic carbocycles. The van der Waals surface area contributed by atoms with E-state index in [0.29, 0.717) is 12.3 Å². The molecule has 1 aromatic rings. The van der Waals surface area contributed by atoms with Crippen LogP contribution in [0.5, 0.6) is 5.75 Å². The molecule has 0 spiro atoms. The third-order valence-electron chi connectivity index (χ3n) is 3.18. The average Bonchev–Trinajstić information content (AvgIpc) is 2.91. The largest absolute Gasteiger partial charge is 0.506 e. The molecular weight excluding hydrogens is 268 g/mol. The number of aromatic hydroxyl groups is 1. The average molecular weight is 285 g/mol. The summed E-state index contributed by atoms with van der Waals surface area (Å²) in [5.41, 5.74) is 1.47. The number of hydrogen-bond acceptors (Lipinski definition) is 2. The number of phenols is 1. The SMILES string of the molecule is CC(C)c1cc(Br)c(O)c(CC2(O)CC2)c1. The normalized spacial score (nSPS) is 17.8. The Morgan fingerprint density at radius 3 is 2.50 bits per heavy atom. The molecule has 1 aromatic carbocycles. The van der Waals surface area contributed by atoms with Crippen molar-refractivity contribution >= 4 is 15.9 Å². The van der Waals surface area contributed by atoms with Crippen LogP contribution in [0.2, 0.25) is 0 Å². The second-order valence-corrected chi connectivity index (χ2v) is 5.92. The van der Waals surface area contributed by atoms with Gasteiger partial charge in [0.2, 0.25) is 0 Å². The first-order chi connectivity index (χ1) is 7.41. The maximum Gasteiger partial charge on any atom is 0.133 e. The minimum absolute atomic E-state index is 0.268. The van der Waals surface area contributed by atoms with E-state index in [1.165, 1.54) is 5.56 Å². The van der Waals surface area contributed by atoms with Crippen LogP contribution in [0.1, 0.15) is 43.7 Å². The van der Waals surface area contributed by atoms with E-state index >= 15 is 0 Å². The summed E-state index contributed by atoms with van der Waals surface area (Å²) in [6.07, 6.45) is 2.24. The highest BCUT2D eigenvalue weighted by atomic mass is 79.9. The molecule has 2 rings (SSSR count). The van der Waals surface area contributed by atoms with E-state index in [0.717, 1.165) is 22.9 Å². The smallest absolute Gasteiger partial charge is 0.133 e. The molecule has 0 heterocycles. The maximum atomic E-state index is 9.94. The van der Waals surface area contributed by atoms with Crippen molar-refractivity contribution in [2.45, 2.75) is 44.6 Å². The van der Waals surface area contributed by atoms with Crippen LogP contribution < -0.4 is 0 Å². The Balaban J connectivity index is 2.34. The minimum atomic E-state index is -0.563. The fraction of sp³-hybridized carbons (Fsp3) is 0.538. The van der Waals surface area contributed by atoms with E-state index in [4.69, 9.17) is 0 Å². The highest BCUT2D eigenvalue weighted by Gasteiger charge is 2.40. The molecule has 0 unspecified atom stereocenters. The number of rotatable bonds is 3. The Morgan fingerprint density at radius 2 is 2.00 bits per heavy atom. The fourth-order valence-electron chi connectivity index (χ4n) is 1.82. The van der Waals surface area contributed by atoms with Crippen LogP contribution in [0.3, 0.4) is 0 Å². The van der Waals surface area contributed by atoms with Crippen molar-refractivity contribution in [2.24, 2.45) is 0 Å². The molecule has 16 heavy (non-hydrogen) atoms. The first-order valence-electron chi connectivity index (χ1n) is 5.65. The quantitative estimate of drug-likeness (QED) is 0.894. The van der Waals surface area contributed by atoms with Crippen LogP contribution in [0, 0.1) is 0 Å². The summed E-state index contributed by atoms with van der Waals surface area (Å²) in [6.45, 7) is 4.24. The highest BCUT2D eigenvalue weighted by molar-refractivity contribution is 9.10. The second kappa shape index (κ2) is 4.04. The third kappa shape index (κ3) is 2.41. The van der Waals surface area contributed by atoms with Gasteiger partial charge in [0.15, 0.2) is 0 Å². The van der Waals surface area contributed by atoms with Crippen LogP contribution in [0.15, 0.2) is 16.6 Å². The van der Waals surface area contributed by atoms with Crippen molar-refractivity contribution in [2.75, 3.05) is 0 Å². The first-order valence-corrected chi connectivity index (χ1v) is 6.44. The molecule has 3 heteroatoms. The zero-order valence-corrected chi connectivity index (χ0v) is 11.2. The Bertz CT molecular complexity index is 409. The molecule has 88 valence electrons. The molecule has 0 aromatic heterocycles. The third-order valence-corrected chi connectivity index (χ3v) is 3.78. The predicted molar refractivity (Wildman–Crippen MR) is 67.8 cm³/mol.